The number of carbonyl (C=O) groups excluding carboxylic acids is 3. The summed E-state index contributed by atoms with van der Waals surface area (Å²) in [6.45, 7) is 3.75. The van der Waals surface area contributed by atoms with Crippen molar-refractivity contribution in [1.82, 2.24) is 15.8 Å². The summed E-state index contributed by atoms with van der Waals surface area (Å²) in [4.78, 5) is 37.7. The van der Waals surface area contributed by atoms with E-state index < -0.39 is 33.2 Å². The Morgan fingerprint density at radius 2 is 1.89 bits per heavy atom. The number of amides is 4. The van der Waals surface area contributed by atoms with Crippen LogP contribution in [0.25, 0.3) is 0 Å². The SMILES string of the molecule is Cc1ccc(S(C)(=O)=O)cc1C(=O)NN1C(=O)NC2(CCC(C)CC2)C1=O. The highest BCUT2D eigenvalue weighted by atomic mass is 32.2. The van der Waals surface area contributed by atoms with Crippen LogP contribution in [0.5, 0.6) is 0 Å². The summed E-state index contributed by atoms with van der Waals surface area (Å²) in [6.07, 6.45) is 3.76. The molecule has 1 heterocycles. The molecule has 3 rings (SSSR count). The Hall–Kier alpha value is -2.42. The van der Waals surface area contributed by atoms with Crippen LogP contribution in [0, 0.1) is 12.8 Å². The third-order valence-electron chi connectivity index (χ3n) is 5.38. The number of benzene rings is 1. The van der Waals surface area contributed by atoms with Gasteiger partial charge in [0.15, 0.2) is 9.84 Å². The molecule has 1 aromatic carbocycles. The van der Waals surface area contributed by atoms with E-state index in [-0.39, 0.29) is 10.5 Å². The molecule has 8 nitrogen and oxygen atoms in total. The molecule has 0 bridgehead atoms. The molecule has 0 radical (unpaired) electrons. The summed E-state index contributed by atoms with van der Waals surface area (Å²) in [5.41, 5.74) is 2.01. The number of nitrogens with one attached hydrogen (secondary N) is 2. The summed E-state index contributed by atoms with van der Waals surface area (Å²) < 4.78 is 23.5. The summed E-state index contributed by atoms with van der Waals surface area (Å²) in [7, 11) is -3.49. The zero-order valence-electron chi connectivity index (χ0n) is 15.5. The van der Waals surface area contributed by atoms with E-state index >= 15 is 0 Å². The molecule has 0 aromatic heterocycles. The first-order valence-electron chi connectivity index (χ1n) is 8.82. The van der Waals surface area contributed by atoms with Crippen molar-refractivity contribution in [3.05, 3.63) is 29.3 Å². The molecular formula is C18H23N3O5S. The molecule has 1 aliphatic carbocycles. The first-order valence-corrected chi connectivity index (χ1v) is 10.7. The molecule has 1 saturated carbocycles. The maximum Gasteiger partial charge on any atom is 0.344 e. The van der Waals surface area contributed by atoms with Crippen molar-refractivity contribution in [2.24, 2.45) is 5.92 Å². The van der Waals surface area contributed by atoms with Crippen LogP contribution in [0.2, 0.25) is 0 Å². The van der Waals surface area contributed by atoms with Gasteiger partial charge in [-0.05, 0) is 56.2 Å². The fourth-order valence-corrected chi connectivity index (χ4v) is 4.20. The molecule has 1 saturated heterocycles. The van der Waals surface area contributed by atoms with Gasteiger partial charge in [-0.15, -0.1) is 0 Å². The van der Waals surface area contributed by atoms with E-state index in [4.69, 9.17) is 0 Å². The minimum Gasteiger partial charge on any atom is -0.322 e. The Morgan fingerprint density at radius 3 is 2.48 bits per heavy atom. The van der Waals surface area contributed by atoms with E-state index in [1.807, 2.05) is 0 Å². The second-order valence-electron chi connectivity index (χ2n) is 7.53. The van der Waals surface area contributed by atoms with Crippen LogP contribution in [0.1, 0.15) is 48.5 Å². The van der Waals surface area contributed by atoms with Gasteiger partial charge in [-0.1, -0.05) is 13.0 Å². The number of hydrazine groups is 1. The minimum absolute atomic E-state index is 0.00631. The maximum absolute atomic E-state index is 12.8. The number of hydrogen-bond donors (Lipinski definition) is 2. The first-order chi connectivity index (χ1) is 12.5. The Bertz CT molecular complexity index is 917. The van der Waals surface area contributed by atoms with Gasteiger partial charge < -0.3 is 5.32 Å². The molecule has 1 spiro atoms. The summed E-state index contributed by atoms with van der Waals surface area (Å²) >= 11 is 0. The largest absolute Gasteiger partial charge is 0.344 e. The van der Waals surface area contributed by atoms with Crippen molar-refractivity contribution < 1.29 is 22.8 Å². The maximum atomic E-state index is 12.8. The number of urea groups is 1. The van der Waals surface area contributed by atoms with Crippen molar-refractivity contribution in [3.63, 3.8) is 0 Å². The third-order valence-corrected chi connectivity index (χ3v) is 6.50. The molecule has 4 amide bonds. The zero-order valence-corrected chi connectivity index (χ0v) is 16.4. The zero-order chi connectivity index (χ0) is 20.0. The van der Waals surface area contributed by atoms with Crippen LogP contribution in [-0.4, -0.2) is 43.1 Å². The molecule has 0 unspecified atom stereocenters. The average Bonchev–Trinajstić information content (AvgIpc) is 2.81. The van der Waals surface area contributed by atoms with Crippen molar-refractivity contribution in [2.75, 3.05) is 6.26 Å². The molecule has 0 atom stereocenters. The van der Waals surface area contributed by atoms with Crippen molar-refractivity contribution in [2.45, 2.75) is 50.0 Å². The second kappa shape index (κ2) is 6.63. The van der Waals surface area contributed by atoms with Crippen LogP contribution < -0.4 is 10.7 Å². The fraction of sp³-hybridized carbons (Fsp3) is 0.500. The van der Waals surface area contributed by atoms with Crippen LogP contribution in [0.15, 0.2) is 23.1 Å². The van der Waals surface area contributed by atoms with Crippen LogP contribution in [0.4, 0.5) is 4.79 Å². The molecule has 146 valence electrons. The Balaban J connectivity index is 1.82. The van der Waals surface area contributed by atoms with Gasteiger partial charge in [0.2, 0.25) is 0 Å². The summed E-state index contributed by atoms with van der Waals surface area (Å²) in [6, 6.07) is 3.50. The van der Waals surface area contributed by atoms with Crippen molar-refractivity contribution in [3.8, 4) is 0 Å². The number of rotatable bonds is 3. The van der Waals surface area contributed by atoms with Gasteiger partial charge in [-0.3, -0.25) is 15.0 Å². The van der Waals surface area contributed by atoms with E-state index in [1.54, 1.807) is 6.92 Å². The number of carbonyl (C=O) groups is 3. The highest BCUT2D eigenvalue weighted by Crippen LogP contribution is 2.35. The van der Waals surface area contributed by atoms with Gasteiger partial charge in [-0.2, -0.15) is 5.01 Å². The number of imide groups is 1. The Kier molecular flexibility index (Phi) is 4.75. The van der Waals surface area contributed by atoms with E-state index in [9.17, 15) is 22.8 Å². The Labute approximate surface area is 158 Å². The number of sulfone groups is 1. The Morgan fingerprint density at radius 1 is 1.26 bits per heavy atom. The number of aryl methyl sites for hydroxylation is 1. The van der Waals surface area contributed by atoms with E-state index in [0.717, 1.165) is 19.1 Å². The highest BCUT2D eigenvalue weighted by Gasteiger charge is 2.53. The van der Waals surface area contributed by atoms with Gasteiger partial charge in [0.1, 0.15) is 5.54 Å². The lowest BCUT2D eigenvalue weighted by molar-refractivity contribution is -0.134. The van der Waals surface area contributed by atoms with E-state index in [2.05, 4.69) is 17.7 Å². The topological polar surface area (TPSA) is 113 Å². The monoisotopic (exact) mass is 393 g/mol. The second-order valence-corrected chi connectivity index (χ2v) is 9.54. The van der Waals surface area contributed by atoms with Gasteiger partial charge in [0.05, 0.1) is 4.90 Å². The summed E-state index contributed by atoms with van der Waals surface area (Å²) in [5, 5.41) is 3.44. The molecule has 27 heavy (non-hydrogen) atoms. The van der Waals surface area contributed by atoms with Crippen molar-refractivity contribution >= 4 is 27.7 Å². The normalized spacial score (nSPS) is 25.6. The van der Waals surface area contributed by atoms with Gasteiger partial charge >= 0.3 is 6.03 Å². The lowest BCUT2D eigenvalue weighted by Crippen LogP contribution is -2.51. The van der Waals surface area contributed by atoms with E-state index in [1.165, 1.54) is 18.2 Å². The van der Waals surface area contributed by atoms with E-state index in [0.29, 0.717) is 29.3 Å². The summed E-state index contributed by atoms with van der Waals surface area (Å²) in [5.74, 6) is -0.683. The molecule has 9 heteroatoms. The quantitative estimate of drug-likeness (QED) is 0.757. The van der Waals surface area contributed by atoms with Gasteiger partial charge in [-0.25, -0.2) is 13.2 Å². The van der Waals surface area contributed by atoms with Gasteiger partial charge in [0, 0.05) is 11.8 Å². The molecule has 2 fully saturated rings. The van der Waals surface area contributed by atoms with Gasteiger partial charge in [0.25, 0.3) is 11.8 Å². The molecular weight excluding hydrogens is 370 g/mol. The van der Waals surface area contributed by atoms with Crippen LogP contribution >= 0.6 is 0 Å². The molecule has 2 N–H and O–H groups in total. The first kappa shape index (κ1) is 19.3. The molecule has 2 aliphatic rings. The van der Waals surface area contributed by atoms with Crippen LogP contribution in [0.3, 0.4) is 0 Å². The minimum atomic E-state index is -3.49. The van der Waals surface area contributed by atoms with Crippen molar-refractivity contribution in [1.29, 1.82) is 0 Å². The predicted octanol–water partition coefficient (Wildman–Crippen LogP) is 1.54. The molecule has 1 aliphatic heterocycles. The molecule has 1 aromatic rings. The van der Waals surface area contributed by atoms with Crippen LogP contribution in [-0.2, 0) is 14.6 Å². The number of nitrogens with zero attached hydrogens (tertiary/aromatic N) is 1. The standard InChI is InChI=1S/C18H23N3O5S/c1-11-6-8-18(9-7-11)16(23)21(17(24)19-18)20-15(22)14-10-13(27(3,25)26)5-4-12(14)2/h4-5,10-11H,6-9H2,1-3H3,(H,19,24)(H,20,22). The predicted molar refractivity (Wildman–Crippen MR) is 97.5 cm³/mol. The average molecular weight is 393 g/mol. The highest BCUT2D eigenvalue weighted by molar-refractivity contribution is 7.90. The number of hydrogen-bond acceptors (Lipinski definition) is 5. The third kappa shape index (κ3) is 3.55. The fourth-order valence-electron chi connectivity index (χ4n) is 3.55. The lowest BCUT2D eigenvalue weighted by atomic mass is 9.77. The smallest absolute Gasteiger partial charge is 0.322 e. The lowest BCUT2D eigenvalue weighted by Gasteiger charge is -2.33.